The molecule has 2 aromatic rings. The molecule has 1 amide bonds. The summed E-state index contributed by atoms with van der Waals surface area (Å²) in [5, 5.41) is 16.0. The Morgan fingerprint density at radius 1 is 0.919 bits per heavy atom. The van der Waals surface area contributed by atoms with Crippen LogP contribution in [0.2, 0.25) is 0 Å². The fraction of sp³-hybridized carbons (Fsp3) is 0.548. The first-order valence-corrected chi connectivity index (χ1v) is 14.1. The van der Waals surface area contributed by atoms with Crippen LogP contribution in [-0.2, 0) is 17.8 Å². The lowest BCUT2D eigenvalue weighted by Crippen LogP contribution is -2.58. The zero-order chi connectivity index (χ0) is 26.1. The number of piperazine rings is 1. The Hall–Kier alpha value is -2.72. The number of nitrogens with zero attached hydrogens (tertiary/aromatic N) is 3. The summed E-state index contributed by atoms with van der Waals surface area (Å²) in [7, 11) is 1.85. The molecule has 0 bridgehead atoms. The van der Waals surface area contributed by atoms with E-state index in [0.717, 1.165) is 56.4 Å². The van der Waals surface area contributed by atoms with Gasteiger partial charge < -0.3 is 15.5 Å². The molecule has 198 valence electrons. The van der Waals surface area contributed by atoms with Gasteiger partial charge in [0.1, 0.15) is 6.04 Å². The van der Waals surface area contributed by atoms with Crippen LogP contribution in [0, 0.1) is 11.3 Å². The van der Waals surface area contributed by atoms with Gasteiger partial charge in [-0.25, -0.2) is 0 Å². The molecule has 2 N–H and O–H groups in total. The first-order valence-electron chi connectivity index (χ1n) is 14.1. The minimum Gasteiger partial charge on any atom is -0.338 e. The molecule has 1 atom stereocenters. The van der Waals surface area contributed by atoms with Gasteiger partial charge in [0, 0.05) is 39.1 Å². The van der Waals surface area contributed by atoms with Crippen molar-refractivity contribution >= 4 is 5.91 Å². The van der Waals surface area contributed by atoms with Gasteiger partial charge in [-0.2, -0.15) is 5.26 Å². The number of rotatable bonds is 10. The van der Waals surface area contributed by atoms with Crippen molar-refractivity contribution in [2.75, 3.05) is 39.8 Å². The highest BCUT2D eigenvalue weighted by molar-refractivity contribution is 5.87. The largest absolute Gasteiger partial charge is 0.338 e. The molecular weight excluding hydrogens is 458 g/mol. The average Bonchev–Trinajstić information content (AvgIpc) is 2.95. The molecule has 6 nitrogen and oxygen atoms in total. The molecule has 0 spiro atoms. The van der Waals surface area contributed by atoms with E-state index in [2.05, 4.69) is 82.0 Å². The van der Waals surface area contributed by atoms with Crippen LogP contribution in [0.5, 0.6) is 0 Å². The summed E-state index contributed by atoms with van der Waals surface area (Å²) in [6.45, 7) is 9.10. The smallest absolute Gasteiger partial charge is 0.241 e. The maximum absolute atomic E-state index is 13.0. The molecule has 2 aliphatic rings. The second kappa shape index (κ2) is 13.2. The minimum absolute atomic E-state index is 0.0409. The summed E-state index contributed by atoms with van der Waals surface area (Å²) >= 11 is 0. The van der Waals surface area contributed by atoms with Crippen molar-refractivity contribution in [2.45, 2.75) is 70.0 Å². The number of carbonyl (C=O) groups is 1. The lowest BCUT2D eigenvalue weighted by molar-refractivity contribution is -0.129. The van der Waals surface area contributed by atoms with Crippen LogP contribution in [0.25, 0.3) is 11.1 Å². The van der Waals surface area contributed by atoms with Gasteiger partial charge in [0.2, 0.25) is 5.91 Å². The summed E-state index contributed by atoms with van der Waals surface area (Å²) in [6, 6.07) is 19.0. The number of nitriles is 1. The molecule has 4 rings (SSSR count). The number of carbonyl (C=O) groups excluding carboxylic acids is 1. The Balaban J connectivity index is 1.30. The molecule has 37 heavy (non-hydrogen) atoms. The average molecular weight is 502 g/mol. The van der Waals surface area contributed by atoms with Gasteiger partial charge in [0.25, 0.3) is 0 Å². The second-order valence-corrected chi connectivity index (χ2v) is 10.8. The summed E-state index contributed by atoms with van der Waals surface area (Å²) in [4.78, 5) is 18.1. The van der Waals surface area contributed by atoms with E-state index in [9.17, 15) is 10.1 Å². The van der Waals surface area contributed by atoms with Crippen LogP contribution in [0.1, 0.15) is 56.6 Å². The quantitative estimate of drug-likeness (QED) is 0.506. The fourth-order valence-corrected chi connectivity index (χ4v) is 5.79. The Morgan fingerprint density at radius 2 is 1.49 bits per heavy atom. The van der Waals surface area contributed by atoms with E-state index in [1.54, 1.807) is 0 Å². The van der Waals surface area contributed by atoms with Crippen molar-refractivity contribution in [2.24, 2.45) is 0 Å². The SMILES string of the molecule is CCCN1CCN(Cc2ccc(-c3ccc(C[C@@H](C#N)NC(=O)C4(NC)CCCCC4)cc3)cc2)CC1. The number of nitrogens with one attached hydrogen (secondary N) is 2. The van der Waals surface area contributed by atoms with Crippen LogP contribution >= 0.6 is 0 Å². The lowest BCUT2D eigenvalue weighted by Gasteiger charge is -2.36. The molecule has 0 radical (unpaired) electrons. The highest BCUT2D eigenvalue weighted by Crippen LogP contribution is 2.28. The highest BCUT2D eigenvalue weighted by Gasteiger charge is 2.38. The first-order chi connectivity index (χ1) is 18.0. The number of hydrogen-bond acceptors (Lipinski definition) is 5. The Bertz CT molecular complexity index is 1030. The summed E-state index contributed by atoms with van der Waals surface area (Å²) in [5.74, 6) is -0.0409. The van der Waals surface area contributed by atoms with Crippen molar-refractivity contribution in [3.63, 3.8) is 0 Å². The summed E-state index contributed by atoms with van der Waals surface area (Å²) in [5.41, 5.74) is 4.23. The maximum atomic E-state index is 13.0. The molecular formula is C31H43N5O. The van der Waals surface area contributed by atoms with Crippen molar-refractivity contribution in [1.29, 1.82) is 5.26 Å². The summed E-state index contributed by atoms with van der Waals surface area (Å²) < 4.78 is 0. The standard InChI is InChI=1S/C31H43N5O/c1-3-17-35-18-20-36(21-19-35)24-26-9-13-28(14-10-26)27-11-7-25(8-12-27)22-29(23-32)34-30(37)31(33-2)15-5-4-6-16-31/h7-14,29,33H,3-6,15-22,24H2,1-2H3,(H,34,37)/t29-/m0/s1. The lowest BCUT2D eigenvalue weighted by atomic mass is 9.81. The number of likely N-dealkylation sites (N-methyl/N-ethyl adjacent to an activating group) is 1. The van der Waals surface area contributed by atoms with Crippen LogP contribution in [0.4, 0.5) is 0 Å². The third-order valence-corrected chi connectivity index (χ3v) is 8.17. The highest BCUT2D eigenvalue weighted by atomic mass is 16.2. The number of amides is 1. The van der Waals surface area contributed by atoms with E-state index in [4.69, 9.17) is 0 Å². The molecule has 0 unspecified atom stereocenters. The molecule has 2 aromatic carbocycles. The van der Waals surface area contributed by atoms with Crippen molar-refractivity contribution in [1.82, 2.24) is 20.4 Å². The van der Waals surface area contributed by atoms with Crippen LogP contribution in [-0.4, -0.2) is 67.1 Å². The third-order valence-electron chi connectivity index (χ3n) is 8.17. The van der Waals surface area contributed by atoms with E-state index < -0.39 is 11.6 Å². The van der Waals surface area contributed by atoms with E-state index in [-0.39, 0.29) is 5.91 Å². The molecule has 0 aromatic heterocycles. The Labute approximate surface area is 223 Å². The minimum atomic E-state index is -0.535. The van der Waals surface area contributed by atoms with Crippen LogP contribution in [0.3, 0.4) is 0 Å². The van der Waals surface area contributed by atoms with Gasteiger partial charge in [0.05, 0.1) is 11.6 Å². The molecule has 2 fully saturated rings. The topological polar surface area (TPSA) is 71.4 Å². The zero-order valence-corrected chi connectivity index (χ0v) is 22.6. The van der Waals surface area contributed by atoms with Gasteiger partial charge >= 0.3 is 0 Å². The van der Waals surface area contributed by atoms with Crippen molar-refractivity contribution in [3.8, 4) is 17.2 Å². The van der Waals surface area contributed by atoms with E-state index in [1.165, 1.54) is 43.6 Å². The fourth-order valence-electron chi connectivity index (χ4n) is 5.79. The third kappa shape index (κ3) is 7.19. The number of hydrogen-bond donors (Lipinski definition) is 2. The Morgan fingerprint density at radius 3 is 2.03 bits per heavy atom. The molecule has 6 heteroatoms. The van der Waals surface area contributed by atoms with Gasteiger partial charge in [-0.15, -0.1) is 0 Å². The monoisotopic (exact) mass is 501 g/mol. The van der Waals surface area contributed by atoms with Gasteiger partial charge in [-0.1, -0.05) is 74.7 Å². The number of benzene rings is 2. The maximum Gasteiger partial charge on any atom is 0.241 e. The molecule has 1 aliphatic heterocycles. The van der Waals surface area contributed by atoms with Gasteiger partial charge in [-0.3, -0.25) is 9.69 Å². The molecule has 1 saturated carbocycles. The molecule has 1 aliphatic carbocycles. The van der Waals surface area contributed by atoms with E-state index >= 15 is 0 Å². The van der Waals surface area contributed by atoms with Crippen molar-refractivity contribution in [3.05, 3.63) is 59.7 Å². The van der Waals surface area contributed by atoms with E-state index in [0.29, 0.717) is 6.42 Å². The second-order valence-electron chi connectivity index (χ2n) is 10.8. The van der Waals surface area contributed by atoms with E-state index in [1.807, 2.05) is 7.05 Å². The normalized spacial score (nSPS) is 19.2. The molecule has 1 heterocycles. The predicted molar refractivity (Wildman–Crippen MR) is 150 cm³/mol. The first kappa shape index (κ1) is 27.3. The predicted octanol–water partition coefficient (Wildman–Crippen LogP) is 4.35. The van der Waals surface area contributed by atoms with Crippen LogP contribution in [0.15, 0.2) is 48.5 Å². The molecule has 1 saturated heterocycles. The zero-order valence-electron chi connectivity index (χ0n) is 22.6. The van der Waals surface area contributed by atoms with Gasteiger partial charge in [0.15, 0.2) is 0 Å². The summed E-state index contributed by atoms with van der Waals surface area (Å²) in [6.07, 6.45) is 6.66. The van der Waals surface area contributed by atoms with Gasteiger partial charge in [-0.05, 0) is 55.1 Å². The van der Waals surface area contributed by atoms with Crippen molar-refractivity contribution < 1.29 is 4.79 Å². The Kier molecular flexibility index (Phi) is 9.74. The van der Waals surface area contributed by atoms with Crippen LogP contribution < -0.4 is 10.6 Å².